The molecule has 1 amide bonds. The van der Waals surface area contributed by atoms with Crippen LogP contribution in [0.15, 0.2) is 0 Å². The van der Waals surface area contributed by atoms with Gasteiger partial charge in [0, 0.05) is 13.1 Å². The quantitative estimate of drug-likeness (QED) is 0.682. The molecular formula is C17H28N2O. The highest BCUT2D eigenvalue weighted by Gasteiger charge is 2.42. The zero-order valence-electron chi connectivity index (χ0n) is 13.1. The zero-order valence-corrected chi connectivity index (χ0v) is 13.1. The average Bonchev–Trinajstić information content (AvgIpc) is 2.76. The first-order valence-electron chi connectivity index (χ1n) is 8.20. The molecule has 0 atom stereocenters. The molecule has 3 heteroatoms. The zero-order chi connectivity index (χ0) is 14.6. The molecule has 3 nitrogen and oxygen atoms in total. The summed E-state index contributed by atoms with van der Waals surface area (Å²) in [5, 5.41) is 9.64. The van der Waals surface area contributed by atoms with Crippen LogP contribution in [0.3, 0.4) is 0 Å². The number of nitrogens with zero attached hydrogens (tertiary/aromatic N) is 2. The first kappa shape index (κ1) is 15.4. The molecule has 1 aliphatic carbocycles. The standard InChI is InChI=1S/C17H28N2O/c1-16(2)8-7-12-19(13-11-16)15(20)17(14-18)9-5-3-4-6-10-17/h3-13H2,1-2H3. The SMILES string of the molecule is CC1(C)CCCN(C(=O)C2(C#N)CCCCCC2)CC1. The molecule has 0 aromatic carbocycles. The lowest BCUT2D eigenvalue weighted by Crippen LogP contribution is -2.43. The van der Waals surface area contributed by atoms with Crippen LogP contribution in [0.25, 0.3) is 0 Å². The van der Waals surface area contributed by atoms with Crippen molar-refractivity contribution in [1.82, 2.24) is 4.90 Å². The average molecular weight is 276 g/mol. The smallest absolute Gasteiger partial charge is 0.243 e. The number of hydrogen-bond acceptors (Lipinski definition) is 2. The Hall–Kier alpha value is -1.04. The summed E-state index contributed by atoms with van der Waals surface area (Å²) in [5.74, 6) is 0.125. The van der Waals surface area contributed by atoms with E-state index in [1.54, 1.807) is 0 Å². The Bertz CT molecular complexity index is 386. The summed E-state index contributed by atoms with van der Waals surface area (Å²) in [4.78, 5) is 14.9. The van der Waals surface area contributed by atoms with Gasteiger partial charge in [-0.15, -0.1) is 0 Å². The topological polar surface area (TPSA) is 44.1 Å². The number of amides is 1. The van der Waals surface area contributed by atoms with Crippen molar-refractivity contribution in [3.8, 4) is 6.07 Å². The Morgan fingerprint density at radius 1 is 0.950 bits per heavy atom. The van der Waals surface area contributed by atoms with Crippen molar-refractivity contribution in [2.24, 2.45) is 10.8 Å². The Labute approximate surface area is 123 Å². The fraction of sp³-hybridized carbons (Fsp3) is 0.882. The number of hydrogen-bond donors (Lipinski definition) is 0. The molecule has 0 spiro atoms. The third kappa shape index (κ3) is 3.34. The second kappa shape index (κ2) is 6.16. The van der Waals surface area contributed by atoms with E-state index in [0.29, 0.717) is 5.41 Å². The van der Waals surface area contributed by atoms with Gasteiger partial charge in [-0.3, -0.25) is 4.79 Å². The highest BCUT2D eigenvalue weighted by atomic mass is 16.2. The predicted molar refractivity (Wildman–Crippen MR) is 80.0 cm³/mol. The molecule has 1 heterocycles. The van der Waals surface area contributed by atoms with Crippen molar-refractivity contribution >= 4 is 5.91 Å². The molecule has 0 N–H and O–H groups in total. The second-order valence-corrected chi connectivity index (χ2v) is 7.42. The highest BCUT2D eigenvalue weighted by Crippen LogP contribution is 2.38. The van der Waals surface area contributed by atoms with Crippen molar-refractivity contribution in [3.05, 3.63) is 0 Å². The largest absolute Gasteiger partial charge is 0.341 e. The molecule has 20 heavy (non-hydrogen) atoms. The molecule has 1 saturated heterocycles. The van der Waals surface area contributed by atoms with Crippen molar-refractivity contribution < 1.29 is 4.79 Å². The summed E-state index contributed by atoms with van der Waals surface area (Å²) in [5.41, 5.74) is -0.386. The Balaban J connectivity index is 2.10. The lowest BCUT2D eigenvalue weighted by atomic mass is 9.80. The van der Waals surface area contributed by atoms with Gasteiger partial charge in [-0.25, -0.2) is 0 Å². The normalized spacial score (nSPS) is 26.1. The monoisotopic (exact) mass is 276 g/mol. The summed E-state index contributed by atoms with van der Waals surface area (Å²) >= 11 is 0. The minimum atomic E-state index is -0.717. The number of carbonyl (C=O) groups is 1. The van der Waals surface area contributed by atoms with E-state index in [2.05, 4.69) is 19.9 Å². The van der Waals surface area contributed by atoms with Gasteiger partial charge in [0.25, 0.3) is 0 Å². The summed E-state index contributed by atoms with van der Waals surface area (Å²) in [6, 6.07) is 2.40. The highest BCUT2D eigenvalue weighted by molar-refractivity contribution is 5.85. The van der Waals surface area contributed by atoms with E-state index in [-0.39, 0.29) is 5.91 Å². The molecule has 0 unspecified atom stereocenters. The minimum absolute atomic E-state index is 0.125. The van der Waals surface area contributed by atoms with Crippen LogP contribution in [0.4, 0.5) is 0 Å². The molecular weight excluding hydrogens is 248 g/mol. The van der Waals surface area contributed by atoms with Crippen LogP contribution in [0, 0.1) is 22.2 Å². The van der Waals surface area contributed by atoms with Gasteiger partial charge >= 0.3 is 0 Å². The van der Waals surface area contributed by atoms with Gasteiger partial charge in [-0.2, -0.15) is 5.26 Å². The maximum Gasteiger partial charge on any atom is 0.243 e. The van der Waals surface area contributed by atoms with Crippen LogP contribution >= 0.6 is 0 Å². The van der Waals surface area contributed by atoms with Crippen molar-refractivity contribution in [3.63, 3.8) is 0 Å². The Kier molecular flexibility index (Phi) is 4.73. The Morgan fingerprint density at radius 3 is 2.20 bits per heavy atom. The third-order valence-electron chi connectivity index (χ3n) is 5.21. The minimum Gasteiger partial charge on any atom is -0.341 e. The molecule has 1 aliphatic heterocycles. The van der Waals surface area contributed by atoms with Gasteiger partial charge < -0.3 is 4.90 Å². The van der Waals surface area contributed by atoms with Crippen molar-refractivity contribution in [1.29, 1.82) is 5.26 Å². The summed E-state index contributed by atoms with van der Waals surface area (Å²) in [6.07, 6.45) is 9.23. The maximum atomic E-state index is 12.9. The molecule has 0 aromatic rings. The van der Waals surface area contributed by atoms with E-state index >= 15 is 0 Å². The Morgan fingerprint density at radius 2 is 1.60 bits per heavy atom. The van der Waals surface area contributed by atoms with Gasteiger partial charge in [0.05, 0.1) is 6.07 Å². The van der Waals surface area contributed by atoms with E-state index in [9.17, 15) is 10.1 Å². The van der Waals surface area contributed by atoms with Gasteiger partial charge in [0.15, 0.2) is 0 Å². The molecule has 1 saturated carbocycles. The van der Waals surface area contributed by atoms with Gasteiger partial charge in [-0.1, -0.05) is 39.5 Å². The van der Waals surface area contributed by atoms with E-state index in [1.807, 2.05) is 4.90 Å². The summed E-state index contributed by atoms with van der Waals surface area (Å²) in [6.45, 7) is 6.24. The van der Waals surface area contributed by atoms with E-state index in [4.69, 9.17) is 0 Å². The second-order valence-electron chi connectivity index (χ2n) is 7.42. The molecule has 2 rings (SSSR count). The fourth-order valence-electron chi connectivity index (χ4n) is 3.63. The van der Waals surface area contributed by atoms with Crippen LogP contribution < -0.4 is 0 Å². The van der Waals surface area contributed by atoms with Crippen LogP contribution in [0.2, 0.25) is 0 Å². The van der Waals surface area contributed by atoms with Crippen LogP contribution in [0.1, 0.15) is 71.6 Å². The first-order valence-corrected chi connectivity index (χ1v) is 8.20. The van der Waals surface area contributed by atoms with Crippen LogP contribution in [0.5, 0.6) is 0 Å². The van der Waals surface area contributed by atoms with Gasteiger partial charge in [0.2, 0.25) is 5.91 Å². The lowest BCUT2D eigenvalue weighted by Gasteiger charge is -2.31. The van der Waals surface area contributed by atoms with E-state index in [1.165, 1.54) is 19.3 Å². The molecule has 0 aromatic heterocycles. The number of nitriles is 1. The van der Waals surface area contributed by atoms with Gasteiger partial charge in [-0.05, 0) is 37.5 Å². The molecule has 2 aliphatic rings. The van der Waals surface area contributed by atoms with E-state index < -0.39 is 5.41 Å². The molecule has 2 fully saturated rings. The maximum absolute atomic E-state index is 12.9. The summed E-state index contributed by atoms with van der Waals surface area (Å²) in [7, 11) is 0. The van der Waals surface area contributed by atoms with E-state index in [0.717, 1.165) is 51.6 Å². The number of likely N-dealkylation sites (tertiary alicyclic amines) is 1. The fourth-order valence-corrected chi connectivity index (χ4v) is 3.63. The van der Waals surface area contributed by atoms with Crippen LogP contribution in [-0.2, 0) is 4.79 Å². The lowest BCUT2D eigenvalue weighted by molar-refractivity contribution is -0.139. The van der Waals surface area contributed by atoms with Crippen molar-refractivity contribution in [2.75, 3.05) is 13.1 Å². The molecule has 0 bridgehead atoms. The first-order chi connectivity index (χ1) is 9.49. The number of carbonyl (C=O) groups excluding carboxylic acids is 1. The van der Waals surface area contributed by atoms with Crippen LogP contribution in [-0.4, -0.2) is 23.9 Å². The summed E-state index contributed by atoms with van der Waals surface area (Å²) < 4.78 is 0. The number of rotatable bonds is 1. The molecule has 112 valence electrons. The third-order valence-corrected chi connectivity index (χ3v) is 5.21. The predicted octanol–water partition coefficient (Wildman–Crippen LogP) is 3.89. The van der Waals surface area contributed by atoms with Gasteiger partial charge in [0.1, 0.15) is 5.41 Å². The molecule has 0 radical (unpaired) electrons. The van der Waals surface area contributed by atoms with Crippen molar-refractivity contribution in [2.45, 2.75) is 71.6 Å².